The first kappa shape index (κ1) is 25.9. The molecule has 1 saturated heterocycles. The van der Waals surface area contributed by atoms with E-state index in [1.165, 1.54) is 4.90 Å². The van der Waals surface area contributed by atoms with Gasteiger partial charge in [-0.15, -0.1) is 0 Å². The van der Waals surface area contributed by atoms with Crippen LogP contribution in [0.2, 0.25) is 0 Å². The van der Waals surface area contributed by atoms with Crippen LogP contribution in [0.4, 0.5) is 5.69 Å². The first-order valence-electron chi connectivity index (χ1n) is 12.6. The number of nitrogens with zero attached hydrogens (tertiary/aromatic N) is 3. The minimum Gasteiger partial charge on any atom is -0.507 e. The smallest absolute Gasteiger partial charge is 0.295 e. The topological polar surface area (TPSA) is 83.0 Å². The zero-order valence-electron chi connectivity index (χ0n) is 21.6. The Balaban J connectivity index is 1.71. The van der Waals surface area contributed by atoms with E-state index in [2.05, 4.69) is 11.9 Å². The van der Waals surface area contributed by atoms with Gasteiger partial charge in [-0.3, -0.25) is 14.6 Å². The number of unbranched alkanes of at least 4 members (excludes halogenated alkanes) is 2. The highest BCUT2D eigenvalue weighted by molar-refractivity contribution is 6.46. The number of carbonyl (C=O) groups excluding carboxylic acids is 2. The lowest BCUT2D eigenvalue weighted by atomic mass is 9.95. The molecule has 7 heteroatoms. The zero-order chi connectivity index (χ0) is 26.4. The van der Waals surface area contributed by atoms with Crippen molar-refractivity contribution in [3.05, 3.63) is 95.3 Å². The number of likely N-dealkylation sites (tertiary alicyclic amines) is 1. The molecule has 1 atom stereocenters. The fourth-order valence-electron chi connectivity index (χ4n) is 4.44. The molecule has 3 aromatic rings. The first-order chi connectivity index (χ1) is 17.9. The summed E-state index contributed by atoms with van der Waals surface area (Å²) >= 11 is 0. The van der Waals surface area contributed by atoms with Crippen LogP contribution in [0.5, 0.6) is 5.75 Å². The Morgan fingerprint density at radius 2 is 1.76 bits per heavy atom. The van der Waals surface area contributed by atoms with Gasteiger partial charge in [0.2, 0.25) is 0 Å². The quantitative estimate of drug-likeness (QED) is 0.176. The molecule has 1 unspecified atom stereocenters. The maximum Gasteiger partial charge on any atom is 0.295 e. The van der Waals surface area contributed by atoms with E-state index in [9.17, 15) is 14.7 Å². The fraction of sp³-hybridized carbons (Fsp3) is 0.300. The van der Waals surface area contributed by atoms with Crippen molar-refractivity contribution in [1.29, 1.82) is 0 Å². The molecule has 1 aliphatic heterocycles. The SMILES string of the molecule is CCCCCOc1ccc(/C(O)=C2/C(=O)C(=O)N(Cc3cccnc3)C2c2ccc(N(C)C)cc2)cc1. The van der Waals surface area contributed by atoms with Crippen molar-refractivity contribution in [2.45, 2.75) is 38.8 Å². The third-order valence-corrected chi connectivity index (χ3v) is 6.49. The summed E-state index contributed by atoms with van der Waals surface area (Å²) in [6.07, 6.45) is 6.53. The Labute approximate surface area is 218 Å². The third-order valence-electron chi connectivity index (χ3n) is 6.49. The van der Waals surface area contributed by atoms with Crippen molar-refractivity contribution < 1.29 is 19.4 Å². The van der Waals surface area contributed by atoms with E-state index in [0.717, 1.165) is 36.1 Å². The average Bonchev–Trinajstić information content (AvgIpc) is 3.16. The van der Waals surface area contributed by atoms with Gasteiger partial charge in [0.15, 0.2) is 0 Å². The number of rotatable bonds is 10. The molecule has 192 valence electrons. The largest absolute Gasteiger partial charge is 0.507 e. The maximum absolute atomic E-state index is 13.3. The Kier molecular flexibility index (Phi) is 8.23. The molecule has 2 heterocycles. The number of aliphatic hydroxyl groups is 1. The Hall–Kier alpha value is -4.13. The molecule has 1 aromatic heterocycles. The van der Waals surface area contributed by atoms with E-state index in [1.54, 1.807) is 42.7 Å². The normalized spacial score (nSPS) is 16.7. The molecular weight excluding hydrogens is 466 g/mol. The maximum atomic E-state index is 13.3. The molecule has 2 aromatic carbocycles. The number of anilines is 1. The van der Waals surface area contributed by atoms with Gasteiger partial charge >= 0.3 is 0 Å². The van der Waals surface area contributed by atoms with Gasteiger partial charge in [-0.2, -0.15) is 0 Å². The van der Waals surface area contributed by atoms with Gasteiger partial charge < -0.3 is 19.6 Å². The number of carbonyl (C=O) groups is 2. The van der Waals surface area contributed by atoms with E-state index < -0.39 is 17.7 Å². The summed E-state index contributed by atoms with van der Waals surface area (Å²) in [6.45, 7) is 2.96. The molecule has 4 rings (SSSR count). The van der Waals surface area contributed by atoms with E-state index in [4.69, 9.17) is 4.74 Å². The molecule has 0 radical (unpaired) electrons. The summed E-state index contributed by atoms with van der Waals surface area (Å²) < 4.78 is 5.77. The van der Waals surface area contributed by atoms with Crippen molar-refractivity contribution in [3.63, 3.8) is 0 Å². The van der Waals surface area contributed by atoms with Gasteiger partial charge in [0.1, 0.15) is 11.5 Å². The van der Waals surface area contributed by atoms with Crippen LogP contribution < -0.4 is 9.64 Å². The number of aliphatic hydroxyl groups excluding tert-OH is 1. The molecule has 0 saturated carbocycles. The number of hydrogen-bond acceptors (Lipinski definition) is 6. The van der Waals surface area contributed by atoms with Gasteiger partial charge in [-0.05, 0) is 60.0 Å². The molecular formula is C30H33N3O4. The second-order valence-electron chi connectivity index (χ2n) is 9.35. The summed E-state index contributed by atoms with van der Waals surface area (Å²) in [5, 5.41) is 11.3. The highest BCUT2D eigenvalue weighted by Crippen LogP contribution is 2.40. The minimum atomic E-state index is -0.735. The summed E-state index contributed by atoms with van der Waals surface area (Å²) in [5.74, 6) is -0.863. The van der Waals surface area contributed by atoms with Gasteiger partial charge in [-0.1, -0.05) is 38.0 Å². The number of aromatic nitrogens is 1. The number of pyridine rings is 1. The number of benzene rings is 2. The molecule has 37 heavy (non-hydrogen) atoms. The molecule has 0 bridgehead atoms. The minimum absolute atomic E-state index is 0.0723. The van der Waals surface area contributed by atoms with Crippen LogP contribution in [-0.2, 0) is 16.1 Å². The number of ketones is 1. The van der Waals surface area contributed by atoms with Gasteiger partial charge in [0.05, 0.1) is 18.2 Å². The lowest BCUT2D eigenvalue weighted by Crippen LogP contribution is -2.29. The van der Waals surface area contributed by atoms with Crippen LogP contribution in [0, 0.1) is 0 Å². The Bertz CT molecular complexity index is 1250. The van der Waals surface area contributed by atoms with E-state index >= 15 is 0 Å². The summed E-state index contributed by atoms with van der Waals surface area (Å²) in [6, 6.07) is 17.5. The predicted molar refractivity (Wildman–Crippen MR) is 144 cm³/mol. The summed E-state index contributed by atoms with van der Waals surface area (Å²) in [5.41, 5.74) is 3.05. The molecule has 0 aliphatic carbocycles. The Morgan fingerprint density at radius 1 is 1.03 bits per heavy atom. The lowest BCUT2D eigenvalue weighted by Gasteiger charge is -2.26. The van der Waals surface area contributed by atoms with E-state index in [-0.39, 0.29) is 17.9 Å². The van der Waals surface area contributed by atoms with Crippen LogP contribution in [-0.4, -0.2) is 47.4 Å². The molecule has 1 fully saturated rings. The number of ether oxygens (including phenoxy) is 1. The highest BCUT2D eigenvalue weighted by atomic mass is 16.5. The van der Waals surface area contributed by atoms with Crippen molar-refractivity contribution in [1.82, 2.24) is 9.88 Å². The van der Waals surface area contributed by atoms with Crippen molar-refractivity contribution in [3.8, 4) is 5.75 Å². The van der Waals surface area contributed by atoms with Crippen LogP contribution in [0.25, 0.3) is 5.76 Å². The third kappa shape index (κ3) is 5.82. The highest BCUT2D eigenvalue weighted by Gasteiger charge is 2.46. The van der Waals surface area contributed by atoms with Crippen molar-refractivity contribution in [2.75, 3.05) is 25.6 Å². The van der Waals surface area contributed by atoms with Gasteiger partial charge in [0, 0.05) is 44.3 Å². The van der Waals surface area contributed by atoms with E-state index in [1.807, 2.05) is 49.3 Å². The standard InChI is InChI=1S/C30H33N3O4/c1-4-5-6-18-37-25-15-11-23(12-16-25)28(34)26-27(22-9-13-24(14-10-22)32(2)3)33(30(36)29(26)35)20-21-8-7-17-31-19-21/h7-17,19,27,34H,4-6,18,20H2,1-3H3/b28-26-. The van der Waals surface area contributed by atoms with Crippen LogP contribution in [0.15, 0.2) is 78.6 Å². The summed E-state index contributed by atoms with van der Waals surface area (Å²) in [4.78, 5) is 34.1. The predicted octanol–water partition coefficient (Wildman–Crippen LogP) is 5.34. The zero-order valence-corrected chi connectivity index (χ0v) is 21.6. The summed E-state index contributed by atoms with van der Waals surface area (Å²) in [7, 11) is 3.89. The molecule has 1 amide bonds. The number of amides is 1. The Morgan fingerprint density at radius 3 is 2.38 bits per heavy atom. The van der Waals surface area contributed by atoms with Gasteiger partial charge in [0.25, 0.3) is 11.7 Å². The van der Waals surface area contributed by atoms with Crippen molar-refractivity contribution in [2.24, 2.45) is 0 Å². The second kappa shape index (κ2) is 11.7. The lowest BCUT2D eigenvalue weighted by molar-refractivity contribution is -0.140. The first-order valence-corrected chi connectivity index (χ1v) is 12.6. The van der Waals surface area contributed by atoms with E-state index in [0.29, 0.717) is 17.9 Å². The molecule has 1 N–H and O–H groups in total. The second-order valence-corrected chi connectivity index (χ2v) is 9.35. The molecule has 1 aliphatic rings. The average molecular weight is 500 g/mol. The van der Waals surface area contributed by atoms with Crippen LogP contribution >= 0.6 is 0 Å². The number of hydrogen-bond donors (Lipinski definition) is 1. The van der Waals surface area contributed by atoms with Gasteiger partial charge in [-0.25, -0.2) is 0 Å². The van der Waals surface area contributed by atoms with Crippen molar-refractivity contribution >= 4 is 23.1 Å². The molecule has 0 spiro atoms. The molecule has 7 nitrogen and oxygen atoms in total. The van der Waals surface area contributed by atoms with Crippen LogP contribution in [0.1, 0.15) is 48.9 Å². The van der Waals surface area contributed by atoms with Crippen LogP contribution in [0.3, 0.4) is 0 Å². The monoisotopic (exact) mass is 499 g/mol. The number of Topliss-reactive ketones (excluding diaryl/α,β-unsaturated/α-hetero) is 1. The fourth-order valence-corrected chi connectivity index (χ4v) is 4.44.